The van der Waals surface area contributed by atoms with Gasteiger partial charge in [-0.1, -0.05) is 27.7 Å². The molecule has 1 unspecified atom stereocenters. The lowest BCUT2D eigenvalue weighted by Crippen LogP contribution is -2.48. The van der Waals surface area contributed by atoms with E-state index in [4.69, 9.17) is 10.8 Å². The number of amides is 2. The maximum Gasteiger partial charge on any atom is 0.308 e. The van der Waals surface area contributed by atoms with Crippen molar-refractivity contribution in [3.63, 3.8) is 0 Å². The Balaban J connectivity index is 4.12. The highest BCUT2D eigenvalue weighted by molar-refractivity contribution is 5.87. The molecule has 0 saturated carbocycles. The molecule has 2 atom stereocenters. The van der Waals surface area contributed by atoms with Crippen molar-refractivity contribution in [2.45, 2.75) is 33.7 Å². The lowest BCUT2D eigenvalue weighted by molar-refractivity contribution is -0.143. The van der Waals surface area contributed by atoms with E-state index in [0.29, 0.717) is 0 Å². The summed E-state index contributed by atoms with van der Waals surface area (Å²) in [5, 5.41) is 13.9. The van der Waals surface area contributed by atoms with Crippen LogP contribution in [-0.2, 0) is 14.4 Å². The molecule has 0 bridgehead atoms. The van der Waals surface area contributed by atoms with E-state index in [0.717, 1.165) is 0 Å². The zero-order valence-electron chi connectivity index (χ0n) is 12.5. The summed E-state index contributed by atoms with van der Waals surface area (Å²) in [6.45, 7) is 7.00. The number of nitrogens with one attached hydrogen (secondary N) is 2. The summed E-state index contributed by atoms with van der Waals surface area (Å²) >= 11 is 0. The molecule has 0 aliphatic heterocycles. The molecule has 20 heavy (non-hydrogen) atoms. The summed E-state index contributed by atoms with van der Waals surface area (Å²) in [6, 6.07) is -0.662. The van der Waals surface area contributed by atoms with Crippen LogP contribution in [0.5, 0.6) is 0 Å². The van der Waals surface area contributed by atoms with E-state index in [2.05, 4.69) is 10.6 Å². The van der Waals surface area contributed by atoms with Crippen LogP contribution >= 0.6 is 0 Å². The predicted octanol–water partition coefficient (Wildman–Crippen LogP) is -0.441. The van der Waals surface area contributed by atoms with Gasteiger partial charge < -0.3 is 21.5 Å². The molecular formula is C13H25N3O4. The van der Waals surface area contributed by atoms with E-state index in [9.17, 15) is 14.4 Å². The third kappa shape index (κ3) is 6.51. The molecule has 0 aromatic carbocycles. The number of hydrogen-bond acceptors (Lipinski definition) is 4. The van der Waals surface area contributed by atoms with E-state index >= 15 is 0 Å². The van der Waals surface area contributed by atoms with Crippen LogP contribution in [0, 0.1) is 17.8 Å². The van der Waals surface area contributed by atoms with Gasteiger partial charge in [0.25, 0.3) is 0 Å². The van der Waals surface area contributed by atoms with Gasteiger partial charge in [-0.2, -0.15) is 0 Å². The number of hydrogen-bond donors (Lipinski definition) is 4. The second-order valence-electron chi connectivity index (χ2n) is 5.48. The van der Waals surface area contributed by atoms with Crippen LogP contribution in [0.2, 0.25) is 0 Å². The molecule has 7 heteroatoms. The Hall–Kier alpha value is -1.63. The lowest BCUT2D eigenvalue weighted by atomic mass is 9.96. The molecule has 0 aromatic heterocycles. The molecule has 0 aliphatic carbocycles. The molecule has 0 heterocycles. The van der Waals surface area contributed by atoms with Gasteiger partial charge in [-0.15, -0.1) is 0 Å². The van der Waals surface area contributed by atoms with Gasteiger partial charge in [0, 0.05) is 6.54 Å². The highest BCUT2D eigenvalue weighted by Crippen LogP contribution is 2.09. The Morgan fingerprint density at radius 2 is 1.60 bits per heavy atom. The standard InChI is InChI=1S/C13H25N3O4/c1-7(2)9(13(19)20)5-15-10(17)6-16-12(18)11(14)8(3)4/h7-9,11H,5-6,14H2,1-4H3,(H,15,17)(H,16,18)(H,19,20)/t9?,11-/m0/s1. The van der Waals surface area contributed by atoms with Crippen LogP contribution in [0.3, 0.4) is 0 Å². The normalized spacial score (nSPS) is 13.9. The minimum atomic E-state index is -0.953. The molecule has 5 N–H and O–H groups in total. The molecular weight excluding hydrogens is 262 g/mol. The predicted molar refractivity (Wildman–Crippen MR) is 74.8 cm³/mol. The van der Waals surface area contributed by atoms with Crippen molar-refractivity contribution < 1.29 is 19.5 Å². The van der Waals surface area contributed by atoms with Gasteiger partial charge in [0.1, 0.15) is 0 Å². The monoisotopic (exact) mass is 287 g/mol. The van der Waals surface area contributed by atoms with Crippen molar-refractivity contribution in [1.82, 2.24) is 10.6 Å². The van der Waals surface area contributed by atoms with Crippen LogP contribution in [-0.4, -0.2) is 42.0 Å². The van der Waals surface area contributed by atoms with Crippen LogP contribution in [0.25, 0.3) is 0 Å². The number of rotatable bonds is 8. The van der Waals surface area contributed by atoms with E-state index in [-0.39, 0.29) is 24.9 Å². The molecule has 0 saturated heterocycles. The van der Waals surface area contributed by atoms with Crippen molar-refractivity contribution in [3.05, 3.63) is 0 Å². The molecule has 0 fully saturated rings. The maximum atomic E-state index is 11.5. The number of carbonyl (C=O) groups excluding carboxylic acids is 2. The summed E-state index contributed by atoms with van der Waals surface area (Å²) in [5.41, 5.74) is 5.63. The van der Waals surface area contributed by atoms with Gasteiger partial charge in [0.15, 0.2) is 0 Å². The van der Waals surface area contributed by atoms with Crippen molar-refractivity contribution in [3.8, 4) is 0 Å². The largest absolute Gasteiger partial charge is 0.481 e. The molecule has 0 aromatic rings. The number of carbonyl (C=O) groups is 3. The van der Waals surface area contributed by atoms with Gasteiger partial charge in [0.2, 0.25) is 11.8 Å². The van der Waals surface area contributed by atoms with Gasteiger partial charge in [0.05, 0.1) is 18.5 Å². The smallest absolute Gasteiger partial charge is 0.308 e. The zero-order valence-corrected chi connectivity index (χ0v) is 12.5. The Kier molecular flexibility index (Phi) is 7.83. The molecule has 2 amide bonds. The Morgan fingerprint density at radius 1 is 1.05 bits per heavy atom. The van der Waals surface area contributed by atoms with E-state index in [1.165, 1.54) is 0 Å². The molecule has 0 rings (SSSR count). The van der Waals surface area contributed by atoms with E-state index in [1.807, 2.05) is 13.8 Å². The molecule has 116 valence electrons. The fraction of sp³-hybridized carbons (Fsp3) is 0.769. The first-order valence-electron chi connectivity index (χ1n) is 6.69. The summed E-state index contributed by atoms with van der Waals surface area (Å²) in [5.74, 6) is -2.53. The zero-order chi connectivity index (χ0) is 15.9. The fourth-order valence-corrected chi connectivity index (χ4v) is 1.48. The molecule has 0 spiro atoms. The third-order valence-corrected chi connectivity index (χ3v) is 3.09. The maximum absolute atomic E-state index is 11.5. The third-order valence-electron chi connectivity index (χ3n) is 3.09. The first kappa shape index (κ1) is 18.4. The Bertz CT molecular complexity index is 356. The average Bonchev–Trinajstić information content (AvgIpc) is 2.34. The summed E-state index contributed by atoms with van der Waals surface area (Å²) in [7, 11) is 0. The van der Waals surface area contributed by atoms with Crippen molar-refractivity contribution in [2.75, 3.05) is 13.1 Å². The topological polar surface area (TPSA) is 122 Å². The number of nitrogens with two attached hydrogens (primary N) is 1. The van der Waals surface area contributed by atoms with Gasteiger partial charge in [-0.05, 0) is 11.8 Å². The highest BCUT2D eigenvalue weighted by Gasteiger charge is 2.22. The van der Waals surface area contributed by atoms with Crippen molar-refractivity contribution in [1.29, 1.82) is 0 Å². The SMILES string of the molecule is CC(C)C(CNC(=O)CNC(=O)[C@@H](N)C(C)C)C(=O)O. The summed E-state index contributed by atoms with van der Waals surface area (Å²) in [4.78, 5) is 34.0. The Morgan fingerprint density at radius 3 is 2.00 bits per heavy atom. The van der Waals surface area contributed by atoms with Crippen molar-refractivity contribution in [2.24, 2.45) is 23.5 Å². The minimum absolute atomic E-state index is 0.0182. The summed E-state index contributed by atoms with van der Waals surface area (Å²) < 4.78 is 0. The van der Waals surface area contributed by atoms with E-state index in [1.54, 1.807) is 13.8 Å². The van der Waals surface area contributed by atoms with E-state index < -0.39 is 29.7 Å². The van der Waals surface area contributed by atoms with Gasteiger partial charge in [-0.25, -0.2) is 0 Å². The van der Waals surface area contributed by atoms with Crippen LogP contribution in [0.1, 0.15) is 27.7 Å². The number of aliphatic carboxylic acids is 1. The van der Waals surface area contributed by atoms with Gasteiger partial charge in [-0.3, -0.25) is 14.4 Å². The molecule has 0 radical (unpaired) electrons. The first-order chi connectivity index (χ1) is 9.16. The first-order valence-corrected chi connectivity index (χ1v) is 6.69. The second kappa shape index (κ2) is 8.52. The van der Waals surface area contributed by atoms with Crippen LogP contribution in [0.4, 0.5) is 0 Å². The van der Waals surface area contributed by atoms with Gasteiger partial charge >= 0.3 is 5.97 Å². The average molecular weight is 287 g/mol. The second-order valence-corrected chi connectivity index (χ2v) is 5.48. The number of carboxylic acids is 1. The van der Waals surface area contributed by atoms with Crippen LogP contribution < -0.4 is 16.4 Å². The lowest BCUT2D eigenvalue weighted by Gasteiger charge is -2.18. The minimum Gasteiger partial charge on any atom is -0.481 e. The Labute approximate surface area is 119 Å². The van der Waals surface area contributed by atoms with Crippen molar-refractivity contribution >= 4 is 17.8 Å². The quantitative estimate of drug-likeness (QED) is 0.482. The molecule has 0 aliphatic rings. The highest BCUT2D eigenvalue weighted by atomic mass is 16.4. The van der Waals surface area contributed by atoms with Crippen LogP contribution in [0.15, 0.2) is 0 Å². The number of carboxylic acid groups (broad SMARTS) is 1. The summed E-state index contributed by atoms with van der Waals surface area (Å²) in [6.07, 6.45) is 0. The fourth-order valence-electron chi connectivity index (χ4n) is 1.48. The molecule has 7 nitrogen and oxygen atoms in total.